The van der Waals surface area contributed by atoms with Gasteiger partial charge in [0.2, 0.25) is 10.0 Å². The zero-order valence-electron chi connectivity index (χ0n) is 10.3. The van der Waals surface area contributed by atoms with Crippen LogP contribution < -0.4 is 0 Å². The summed E-state index contributed by atoms with van der Waals surface area (Å²) >= 11 is 9.05. The molecule has 1 heterocycles. The number of nitrogens with zero attached hydrogens (tertiary/aromatic N) is 1. The van der Waals surface area contributed by atoms with Crippen LogP contribution in [0.1, 0.15) is 12.0 Å². The van der Waals surface area contributed by atoms with Gasteiger partial charge in [-0.1, -0.05) is 6.07 Å². The van der Waals surface area contributed by atoms with E-state index >= 15 is 0 Å². The third-order valence-electron chi connectivity index (χ3n) is 2.95. The van der Waals surface area contributed by atoms with Crippen molar-refractivity contribution in [2.24, 2.45) is 0 Å². The molecule has 1 aromatic rings. The summed E-state index contributed by atoms with van der Waals surface area (Å²) in [6.45, 7) is 1.94. The standard InChI is InChI=1S/C12H15BrClNO3S/c13-11-8-10(9-14)2-3-12(11)19(16,17)15-4-1-6-18-7-5-15/h2-3,8H,1,4-7,9H2. The zero-order valence-corrected chi connectivity index (χ0v) is 13.5. The first-order chi connectivity index (χ1) is 9.05. The highest BCUT2D eigenvalue weighted by Crippen LogP contribution is 2.27. The number of hydrogen-bond acceptors (Lipinski definition) is 3. The van der Waals surface area contributed by atoms with Crippen molar-refractivity contribution >= 4 is 37.6 Å². The van der Waals surface area contributed by atoms with Crippen molar-refractivity contribution in [2.75, 3.05) is 26.3 Å². The van der Waals surface area contributed by atoms with E-state index in [4.69, 9.17) is 16.3 Å². The van der Waals surface area contributed by atoms with Gasteiger partial charge in [0.15, 0.2) is 0 Å². The monoisotopic (exact) mass is 367 g/mol. The van der Waals surface area contributed by atoms with E-state index in [9.17, 15) is 8.42 Å². The maximum atomic E-state index is 12.6. The second kappa shape index (κ2) is 6.54. The molecule has 1 fully saturated rings. The molecule has 0 bridgehead atoms. The van der Waals surface area contributed by atoms with Crippen LogP contribution in [0.25, 0.3) is 0 Å². The van der Waals surface area contributed by atoms with Gasteiger partial charge in [-0.25, -0.2) is 8.42 Å². The maximum absolute atomic E-state index is 12.6. The normalized spacial score (nSPS) is 18.2. The molecule has 4 nitrogen and oxygen atoms in total. The van der Waals surface area contributed by atoms with Crippen molar-refractivity contribution in [1.82, 2.24) is 4.31 Å². The molecule has 19 heavy (non-hydrogen) atoms. The van der Waals surface area contributed by atoms with Gasteiger partial charge >= 0.3 is 0 Å². The average Bonchev–Trinajstić information content (AvgIpc) is 2.67. The summed E-state index contributed by atoms with van der Waals surface area (Å²) in [5.74, 6) is 0.358. The molecule has 1 aliphatic rings. The van der Waals surface area contributed by atoms with Crippen LogP contribution in [0, 0.1) is 0 Å². The number of halogens is 2. The van der Waals surface area contributed by atoms with Gasteiger partial charge in [-0.15, -0.1) is 11.6 Å². The van der Waals surface area contributed by atoms with Crippen LogP contribution in [-0.4, -0.2) is 39.0 Å². The molecule has 1 aromatic carbocycles. The molecule has 0 spiro atoms. The first-order valence-electron chi connectivity index (χ1n) is 5.98. The van der Waals surface area contributed by atoms with Gasteiger partial charge in [0.05, 0.1) is 11.5 Å². The van der Waals surface area contributed by atoms with Gasteiger partial charge in [-0.2, -0.15) is 4.31 Å². The van der Waals surface area contributed by atoms with Crippen molar-refractivity contribution < 1.29 is 13.2 Å². The lowest BCUT2D eigenvalue weighted by Crippen LogP contribution is -2.33. The molecule has 0 amide bonds. The fraction of sp³-hybridized carbons (Fsp3) is 0.500. The van der Waals surface area contributed by atoms with Gasteiger partial charge in [-0.3, -0.25) is 0 Å². The Bertz CT molecular complexity index is 542. The predicted octanol–water partition coefficient (Wildman–Crippen LogP) is 2.60. The van der Waals surface area contributed by atoms with Crippen molar-refractivity contribution in [2.45, 2.75) is 17.2 Å². The largest absolute Gasteiger partial charge is 0.380 e. The molecule has 0 atom stereocenters. The molecule has 106 valence electrons. The third-order valence-corrected chi connectivity index (χ3v) is 6.13. The van der Waals surface area contributed by atoms with E-state index in [1.807, 2.05) is 0 Å². The van der Waals surface area contributed by atoms with Crippen LogP contribution in [0.2, 0.25) is 0 Å². The molecular weight excluding hydrogens is 354 g/mol. The van der Waals surface area contributed by atoms with Gasteiger partial charge in [0.1, 0.15) is 0 Å². The minimum absolute atomic E-state index is 0.281. The van der Waals surface area contributed by atoms with E-state index in [-0.39, 0.29) is 4.90 Å². The van der Waals surface area contributed by atoms with Crippen LogP contribution in [0.15, 0.2) is 27.6 Å². The third kappa shape index (κ3) is 3.49. The van der Waals surface area contributed by atoms with E-state index in [0.717, 1.165) is 12.0 Å². The smallest absolute Gasteiger partial charge is 0.244 e. The summed E-state index contributed by atoms with van der Waals surface area (Å²) in [6, 6.07) is 5.08. The number of alkyl halides is 1. The Morgan fingerprint density at radius 1 is 1.32 bits per heavy atom. The second-order valence-corrected chi connectivity index (χ2v) is 7.30. The summed E-state index contributed by atoms with van der Waals surface area (Å²) in [7, 11) is -3.48. The topological polar surface area (TPSA) is 46.6 Å². The molecule has 0 unspecified atom stereocenters. The molecule has 7 heteroatoms. The Balaban J connectivity index is 2.32. The Morgan fingerprint density at radius 3 is 2.79 bits per heavy atom. The molecule has 0 aliphatic carbocycles. The highest BCUT2D eigenvalue weighted by Gasteiger charge is 2.27. The summed E-state index contributed by atoms with van der Waals surface area (Å²) in [5.41, 5.74) is 0.881. The van der Waals surface area contributed by atoms with Crippen molar-refractivity contribution in [3.63, 3.8) is 0 Å². The predicted molar refractivity (Wildman–Crippen MR) is 77.9 cm³/mol. The Morgan fingerprint density at radius 2 is 2.11 bits per heavy atom. The number of hydrogen-bond donors (Lipinski definition) is 0. The van der Waals surface area contributed by atoms with Crippen LogP contribution in [0.4, 0.5) is 0 Å². The van der Waals surface area contributed by atoms with E-state index < -0.39 is 10.0 Å². The molecule has 0 aromatic heterocycles. The Labute approximate surface area is 126 Å². The van der Waals surface area contributed by atoms with Gasteiger partial charge in [0.25, 0.3) is 0 Å². The zero-order chi connectivity index (χ0) is 13.9. The summed E-state index contributed by atoms with van der Waals surface area (Å²) in [5, 5.41) is 0. The van der Waals surface area contributed by atoms with Gasteiger partial charge < -0.3 is 4.74 Å². The number of rotatable bonds is 3. The molecule has 0 N–H and O–H groups in total. The molecule has 1 aliphatic heterocycles. The van der Waals surface area contributed by atoms with E-state index in [0.29, 0.717) is 36.7 Å². The molecule has 2 rings (SSSR count). The molecule has 0 saturated carbocycles. The second-order valence-electron chi connectivity index (χ2n) is 4.27. The summed E-state index contributed by atoms with van der Waals surface area (Å²) in [4.78, 5) is 0.281. The lowest BCUT2D eigenvalue weighted by Gasteiger charge is -2.20. The van der Waals surface area contributed by atoms with Crippen LogP contribution >= 0.6 is 27.5 Å². The Hall–Kier alpha value is -0.140. The SMILES string of the molecule is O=S(=O)(c1ccc(CCl)cc1Br)N1CCCOCC1. The van der Waals surface area contributed by atoms with Crippen LogP contribution in [-0.2, 0) is 20.6 Å². The number of ether oxygens (including phenoxy) is 1. The average molecular weight is 369 g/mol. The Kier molecular flexibility index (Phi) is 5.25. The highest BCUT2D eigenvalue weighted by molar-refractivity contribution is 9.10. The van der Waals surface area contributed by atoms with Gasteiger partial charge in [0, 0.05) is 30.0 Å². The van der Waals surface area contributed by atoms with E-state index in [1.165, 1.54) is 4.31 Å². The first kappa shape index (κ1) is 15.3. The lowest BCUT2D eigenvalue weighted by atomic mass is 10.2. The lowest BCUT2D eigenvalue weighted by molar-refractivity contribution is 0.148. The minimum Gasteiger partial charge on any atom is -0.380 e. The number of benzene rings is 1. The fourth-order valence-corrected chi connectivity index (χ4v) is 4.65. The summed E-state index contributed by atoms with van der Waals surface area (Å²) < 4.78 is 32.4. The van der Waals surface area contributed by atoms with E-state index in [2.05, 4.69) is 15.9 Å². The maximum Gasteiger partial charge on any atom is 0.244 e. The minimum atomic E-state index is -3.48. The van der Waals surface area contributed by atoms with E-state index in [1.54, 1.807) is 18.2 Å². The van der Waals surface area contributed by atoms with Crippen molar-refractivity contribution in [3.8, 4) is 0 Å². The fourth-order valence-electron chi connectivity index (χ4n) is 1.94. The summed E-state index contributed by atoms with van der Waals surface area (Å²) in [6.07, 6.45) is 0.719. The highest BCUT2D eigenvalue weighted by atomic mass is 79.9. The van der Waals surface area contributed by atoms with Crippen molar-refractivity contribution in [1.29, 1.82) is 0 Å². The molecule has 1 saturated heterocycles. The molecule has 0 radical (unpaired) electrons. The van der Waals surface area contributed by atoms with Crippen LogP contribution in [0.3, 0.4) is 0 Å². The number of sulfonamides is 1. The molecular formula is C12H15BrClNO3S. The van der Waals surface area contributed by atoms with Gasteiger partial charge in [-0.05, 0) is 40.0 Å². The van der Waals surface area contributed by atoms with Crippen molar-refractivity contribution in [3.05, 3.63) is 28.2 Å². The van der Waals surface area contributed by atoms with Crippen LogP contribution in [0.5, 0.6) is 0 Å². The quantitative estimate of drug-likeness (QED) is 0.771. The first-order valence-corrected chi connectivity index (χ1v) is 8.75.